The van der Waals surface area contributed by atoms with Gasteiger partial charge in [0.2, 0.25) is 0 Å². The highest BCUT2D eigenvalue weighted by Gasteiger charge is 2.29. The Morgan fingerprint density at radius 1 is 1.48 bits per heavy atom. The number of hydrogen-bond acceptors (Lipinski definition) is 4. The van der Waals surface area contributed by atoms with E-state index in [9.17, 15) is 19.3 Å². The molecule has 0 aliphatic carbocycles. The maximum atomic E-state index is 13.9. The van der Waals surface area contributed by atoms with Gasteiger partial charge in [-0.15, -0.1) is 0 Å². The molecule has 21 heavy (non-hydrogen) atoms. The van der Waals surface area contributed by atoms with Crippen LogP contribution in [0.4, 0.5) is 10.1 Å². The molecule has 7 heteroatoms. The first kappa shape index (κ1) is 15.4. The lowest BCUT2D eigenvalue weighted by Crippen LogP contribution is -2.44. The molecule has 1 fully saturated rings. The fourth-order valence-electron chi connectivity index (χ4n) is 2.66. The van der Waals surface area contributed by atoms with Crippen molar-refractivity contribution in [2.24, 2.45) is 0 Å². The van der Waals surface area contributed by atoms with E-state index in [2.05, 4.69) is 0 Å². The van der Waals surface area contributed by atoms with Crippen molar-refractivity contribution in [2.45, 2.75) is 31.7 Å². The maximum absolute atomic E-state index is 13.9. The molecule has 1 aromatic carbocycles. The highest BCUT2D eigenvalue weighted by atomic mass is 19.1. The highest BCUT2D eigenvalue weighted by molar-refractivity contribution is 5.95. The number of nitrogens with zero attached hydrogens (tertiary/aromatic N) is 2. The van der Waals surface area contributed by atoms with E-state index in [0.717, 1.165) is 37.5 Å². The lowest BCUT2D eigenvalue weighted by atomic mass is 9.98. The van der Waals surface area contributed by atoms with Crippen molar-refractivity contribution >= 4 is 11.6 Å². The van der Waals surface area contributed by atoms with Crippen LogP contribution in [0, 0.1) is 15.9 Å². The van der Waals surface area contributed by atoms with Gasteiger partial charge in [-0.05, 0) is 31.7 Å². The Morgan fingerprint density at radius 2 is 2.24 bits per heavy atom. The van der Waals surface area contributed by atoms with E-state index in [1.807, 2.05) is 0 Å². The van der Waals surface area contributed by atoms with Gasteiger partial charge in [-0.3, -0.25) is 14.9 Å². The number of aliphatic hydroxyl groups excluding tert-OH is 1. The third-order valence-electron chi connectivity index (χ3n) is 3.74. The summed E-state index contributed by atoms with van der Waals surface area (Å²) in [5, 5.41) is 19.6. The van der Waals surface area contributed by atoms with Gasteiger partial charge in [-0.25, -0.2) is 4.39 Å². The van der Waals surface area contributed by atoms with E-state index in [1.54, 1.807) is 4.90 Å². The minimum Gasteiger partial charge on any atom is -0.396 e. The van der Waals surface area contributed by atoms with Gasteiger partial charge in [-0.1, -0.05) is 0 Å². The molecule has 1 aliphatic heterocycles. The zero-order valence-electron chi connectivity index (χ0n) is 11.5. The van der Waals surface area contributed by atoms with Crippen molar-refractivity contribution < 1.29 is 19.2 Å². The zero-order valence-corrected chi connectivity index (χ0v) is 11.5. The fourth-order valence-corrected chi connectivity index (χ4v) is 2.66. The summed E-state index contributed by atoms with van der Waals surface area (Å²) in [5.74, 6) is -1.36. The van der Waals surface area contributed by atoms with Crippen molar-refractivity contribution in [2.75, 3.05) is 13.2 Å². The summed E-state index contributed by atoms with van der Waals surface area (Å²) in [7, 11) is 0. The highest BCUT2D eigenvalue weighted by Crippen LogP contribution is 2.24. The molecule has 114 valence electrons. The van der Waals surface area contributed by atoms with Crippen molar-refractivity contribution in [3.05, 3.63) is 39.7 Å². The van der Waals surface area contributed by atoms with Crippen LogP contribution in [0.15, 0.2) is 18.2 Å². The SMILES string of the molecule is O=C(c1ccc([N+](=O)[O-])cc1F)N1CCCCC1CCO. The van der Waals surface area contributed by atoms with Gasteiger partial charge in [0.1, 0.15) is 5.82 Å². The Bertz CT molecular complexity index is 548. The molecule has 1 N–H and O–H groups in total. The third-order valence-corrected chi connectivity index (χ3v) is 3.74. The fraction of sp³-hybridized carbons (Fsp3) is 0.500. The zero-order chi connectivity index (χ0) is 15.4. The van der Waals surface area contributed by atoms with E-state index in [-0.39, 0.29) is 23.9 Å². The molecule has 0 bridgehead atoms. The maximum Gasteiger partial charge on any atom is 0.272 e. The van der Waals surface area contributed by atoms with Crippen molar-refractivity contribution in [1.29, 1.82) is 0 Å². The predicted octanol–water partition coefficient (Wildman–Crippen LogP) is 2.11. The van der Waals surface area contributed by atoms with Crippen LogP contribution in [-0.4, -0.2) is 40.0 Å². The lowest BCUT2D eigenvalue weighted by molar-refractivity contribution is -0.385. The van der Waals surface area contributed by atoms with Crippen LogP contribution in [0.1, 0.15) is 36.0 Å². The number of aliphatic hydroxyl groups is 1. The van der Waals surface area contributed by atoms with Gasteiger partial charge >= 0.3 is 0 Å². The van der Waals surface area contributed by atoms with Crippen molar-refractivity contribution in [3.63, 3.8) is 0 Å². The Morgan fingerprint density at radius 3 is 2.86 bits per heavy atom. The van der Waals surface area contributed by atoms with Gasteiger partial charge in [0.25, 0.3) is 11.6 Å². The minimum absolute atomic E-state index is 0.0306. The van der Waals surface area contributed by atoms with Gasteiger partial charge in [-0.2, -0.15) is 0 Å². The third kappa shape index (κ3) is 3.36. The van der Waals surface area contributed by atoms with E-state index in [4.69, 9.17) is 5.11 Å². The van der Waals surface area contributed by atoms with Crippen LogP contribution in [0.3, 0.4) is 0 Å². The van der Waals surface area contributed by atoms with Gasteiger partial charge in [0, 0.05) is 25.3 Å². The Balaban J connectivity index is 2.23. The molecular weight excluding hydrogens is 279 g/mol. The topological polar surface area (TPSA) is 83.7 Å². The number of hydrogen-bond donors (Lipinski definition) is 1. The monoisotopic (exact) mass is 296 g/mol. The molecule has 0 radical (unpaired) electrons. The Kier molecular flexibility index (Phi) is 4.85. The number of halogens is 1. The summed E-state index contributed by atoms with van der Waals surface area (Å²) < 4.78 is 13.9. The number of nitro groups is 1. The second kappa shape index (κ2) is 6.62. The number of likely N-dealkylation sites (tertiary alicyclic amines) is 1. The summed E-state index contributed by atoms with van der Waals surface area (Å²) >= 11 is 0. The standard InChI is InChI=1S/C14H17FN2O4/c15-13-9-11(17(20)21)4-5-12(13)14(19)16-7-2-1-3-10(16)6-8-18/h4-5,9-10,18H,1-3,6-8H2. The Labute approximate surface area is 121 Å². The van der Waals surface area contributed by atoms with E-state index in [0.29, 0.717) is 13.0 Å². The molecule has 1 saturated heterocycles. The quantitative estimate of drug-likeness (QED) is 0.681. The van der Waals surface area contributed by atoms with E-state index >= 15 is 0 Å². The van der Waals surface area contributed by atoms with Crippen LogP contribution < -0.4 is 0 Å². The normalized spacial score (nSPS) is 18.6. The molecule has 1 atom stereocenters. The molecule has 1 aromatic rings. The number of piperidine rings is 1. The summed E-state index contributed by atoms with van der Waals surface area (Å²) in [6.45, 7) is 0.483. The second-order valence-electron chi connectivity index (χ2n) is 5.08. The Hall–Kier alpha value is -2.02. The summed E-state index contributed by atoms with van der Waals surface area (Å²) in [4.78, 5) is 23.9. The van der Waals surface area contributed by atoms with Crippen molar-refractivity contribution in [3.8, 4) is 0 Å². The number of benzene rings is 1. The molecule has 0 saturated carbocycles. The van der Waals surface area contributed by atoms with Crippen LogP contribution in [-0.2, 0) is 0 Å². The average Bonchev–Trinajstić information content (AvgIpc) is 2.47. The molecule has 0 spiro atoms. The largest absolute Gasteiger partial charge is 0.396 e. The molecule has 0 aromatic heterocycles. The first-order valence-corrected chi connectivity index (χ1v) is 6.90. The summed E-state index contributed by atoms with van der Waals surface area (Å²) in [5.41, 5.74) is -0.542. The lowest BCUT2D eigenvalue weighted by Gasteiger charge is -2.35. The van der Waals surface area contributed by atoms with Crippen LogP contribution in [0.5, 0.6) is 0 Å². The number of amides is 1. The molecule has 1 unspecified atom stereocenters. The minimum atomic E-state index is -0.887. The molecule has 1 aliphatic rings. The molecule has 6 nitrogen and oxygen atoms in total. The van der Waals surface area contributed by atoms with Crippen molar-refractivity contribution in [1.82, 2.24) is 4.90 Å². The molecule has 1 heterocycles. The van der Waals surface area contributed by atoms with Crippen LogP contribution in [0.25, 0.3) is 0 Å². The first-order valence-electron chi connectivity index (χ1n) is 6.90. The molecule has 1 amide bonds. The average molecular weight is 296 g/mol. The van der Waals surface area contributed by atoms with Crippen LogP contribution in [0.2, 0.25) is 0 Å². The number of carbonyl (C=O) groups excluding carboxylic acids is 1. The number of rotatable bonds is 4. The smallest absolute Gasteiger partial charge is 0.272 e. The number of carbonyl (C=O) groups is 1. The van der Waals surface area contributed by atoms with E-state index < -0.39 is 16.6 Å². The summed E-state index contributed by atoms with van der Waals surface area (Å²) in [6, 6.07) is 2.94. The predicted molar refractivity (Wildman–Crippen MR) is 73.4 cm³/mol. The van der Waals surface area contributed by atoms with Gasteiger partial charge in [0.05, 0.1) is 16.6 Å². The first-order chi connectivity index (χ1) is 10.0. The molecular formula is C14H17FN2O4. The van der Waals surface area contributed by atoms with Crippen LogP contribution >= 0.6 is 0 Å². The number of nitro benzene ring substituents is 1. The molecule has 2 rings (SSSR count). The number of non-ortho nitro benzene ring substituents is 1. The van der Waals surface area contributed by atoms with Gasteiger partial charge < -0.3 is 10.0 Å². The second-order valence-corrected chi connectivity index (χ2v) is 5.08. The summed E-state index contributed by atoms with van der Waals surface area (Å²) in [6.07, 6.45) is 3.04. The van der Waals surface area contributed by atoms with Gasteiger partial charge in [0.15, 0.2) is 0 Å². The van der Waals surface area contributed by atoms with E-state index in [1.165, 1.54) is 0 Å².